The lowest BCUT2D eigenvalue weighted by atomic mass is 9.61. The van der Waals surface area contributed by atoms with Gasteiger partial charge in [0.25, 0.3) is 0 Å². The van der Waals surface area contributed by atoms with Crippen LogP contribution in [0.4, 0.5) is 0 Å². The Bertz CT molecular complexity index is 557. The second-order valence-corrected chi connectivity index (χ2v) is 9.06. The molecular weight excluding hydrogens is 308 g/mol. The first-order valence-electron chi connectivity index (χ1n) is 10.3. The smallest absolute Gasteiger partial charge is 0.0809 e. The number of fused-ring (bicyclic) bond motifs is 1. The molecule has 3 fully saturated rings. The summed E-state index contributed by atoms with van der Waals surface area (Å²) in [5.41, 5.74) is 3.81. The van der Waals surface area contributed by atoms with E-state index in [1.165, 1.54) is 38.5 Å². The quantitative estimate of drug-likeness (QED) is 0.693. The molecule has 2 heteroatoms. The Labute approximate surface area is 153 Å². The standard InChI is InChI=1S/C23H36O2/c1-5-15(2)19-10-11-20-18(7-6-12-23(19,20)4)9-8-17-13-21(24)16(3)22(25)14-17/h8-9,15,19-22,24-25H,3,5-7,10-14H2,1-2,4H3/b17-8-,18-9+/t15-,19+,20-,21+,22-,23+/m0/s1. The minimum Gasteiger partial charge on any atom is -0.388 e. The lowest BCUT2D eigenvalue weighted by Crippen LogP contribution is -2.35. The highest BCUT2D eigenvalue weighted by molar-refractivity contribution is 5.29. The molecule has 0 unspecified atom stereocenters. The Morgan fingerprint density at radius 2 is 1.88 bits per heavy atom. The Kier molecular flexibility index (Phi) is 5.60. The van der Waals surface area contributed by atoms with Crippen LogP contribution in [0.25, 0.3) is 0 Å². The van der Waals surface area contributed by atoms with Gasteiger partial charge in [0.2, 0.25) is 0 Å². The van der Waals surface area contributed by atoms with Gasteiger partial charge in [-0.2, -0.15) is 0 Å². The molecule has 3 saturated carbocycles. The first kappa shape index (κ1) is 18.9. The van der Waals surface area contributed by atoms with Gasteiger partial charge in [-0.25, -0.2) is 0 Å². The van der Waals surface area contributed by atoms with Crippen LogP contribution in [0, 0.1) is 23.2 Å². The second-order valence-electron chi connectivity index (χ2n) is 9.06. The molecule has 0 aromatic carbocycles. The molecule has 3 rings (SSSR count). The fourth-order valence-electron chi connectivity index (χ4n) is 5.92. The van der Waals surface area contributed by atoms with E-state index < -0.39 is 12.2 Å². The first-order valence-corrected chi connectivity index (χ1v) is 10.3. The van der Waals surface area contributed by atoms with E-state index in [0.29, 0.717) is 23.8 Å². The van der Waals surface area contributed by atoms with E-state index in [-0.39, 0.29) is 0 Å². The van der Waals surface area contributed by atoms with Crippen LogP contribution in [0.2, 0.25) is 0 Å². The Morgan fingerprint density at radius 1 is 1.20 bits per heavy atom. The average molecular weight is 345 g/mol. The maximum absolute atomic E-state index is 10.0. The summed E-state index contributed by atoms with van der Waals surface area (Å²) < 4.78 is 0. The highest BCUT2D eigenvalue weighted by atomic mass is 16.3. The number of allylic oxidation sites excluding steroid dienone is 3. The van der Waals surface area contributed by atoms with E-state index in [9.17, 15) is 10.2 Å². The molecular formula is C23H36O2. The molecule has 2 nitrogen and oxygen atoms in total. The zero-order chi connectivity index (χ0) is 18.2. The third-order valence-electron chi connectivity index (χ3n) is 7.67. The largest absolute Gasteiger partial charge is 0.388 e. The summed E-state index contributed by atoms with van der Waals surface area (Å²) in [6.45, 7) is 11.1. The van der Waals surface area contributed by atoms with Gasteiger partial charge in [-0.1, -0.05) is 57.1 Å². The SMILES string of the molecule is C=C1[C@H](O)C/C(=C/C=C2\CCC[C@]3(C)[C@@H]([C@@H](C)CC)CC[C@@H]23)C[C@@H]1O. The van der Waals surface area contributed by atoms with Gasteiger partial charge in [-0.15, -0.1) is 0 Å². The number of hydrogen-bond acceptors (Lipinski definition) is 2. The predicted molar refractivity (Wildman–Crippen MR) is 104 cm³/mol. The van der Waals surface area contributed by atoms with E-state index >= 15 is 0 Å². The summed E-state index contributed by atoms with van der Waals surface area (Å²) >= 11 is 0. The highest BCUT2D eigenvalue weighted by Gasteiger charge is 2.50. The van der Waals surface area contributed by atoms with E-state index in [4.69, 9.17) is 0 Å². The van der Waals surface area contributed by atoms with Crippen LogP contribution in [0.15, 0.2) is 35.5 Å². The van der Waals surface area contributed by atoms with Crippen molar-refractivity contribution in [3.63, 3.8) is 0 Å². The van der Waals surface area contributed by atoms with Gasteiger partial charge in [0.15, 0.2) is 0 Å². The zero-order valence-corrected chi connectivity index (χ0v) is 16.3. The van der Waals surface area contributed by atoms with Crippen LogP contribution in [0.5, 0.6) is 0 Å². The average Bonchev–Trinajstić information content (AvgIpc) is 2.94. The summed E-state index contributed by atoms with van der Waals surface area (Å²) in [6.07, 6.45) is 12.5. The van der Waals surface area contributed by atoms with Gasteiger partial charge in [-0.3, -0.25) is 0 Å². The summed E-state index contributed by atoms with van der Waals surface area (Å²) in [6, 6.07) is 0. The number of aliphatic hydroxyl groups excluding tert-OH is 2. The van der Waals surface area contributed by atoms with Crippen molar-refractivity contribution in [3.05, 3.63) is 35.5 Å². The first-order chi connectivity index (χ1) is 11.9. The molecule has 2 N–H and O–H groups in total. The lowest BCUT2D eigenvalue weighted by Gasteiger charge is -2.44. The number of aliphatic hydroxyl groups is 2. The summed E-state index contributed by atoms with van der Waals surface area (Å²) in [7, 11) is 0. The molecule has 0 heterocycles. The third kappa shape index (κ3) is 3.53. The van der Waals surface area contributed by atoms with Gasteiger partial charge >= 0.3 is 0 Å². The molecule has 0 aromatic heterocycles. The summed E-state index contributed by atoms with van der Waals surface area (Å²) in [5, 5.41) is 20.1. The van der Waals surface area contributed by atoms with E-state index in [1.54, 1.807) is 5.57 Å². The van der Waals surface area contributed by atoms with Crippen molar-refractivity contribution in [3.8, 4) is 0 Å². The van der Waals surface area contributed by atoms with Gasteiger partial charge < -0.3 is 10.2 Å². The van der Waals surface area contributed by atoms with Gasteiger partial charge in [0.05, 0.1) is 12.2 Å². The molecule has 0 amide bonds. The molecule has 0 aliphatic heterocycles. The molecule has 25 heavy (non-hydrogen) atoms. The van der Waals surface area contributed by atoms with Crippen LogP contribution in [0.3, 0.4) is 0 Å². The molecule has 6 atom stereocenters. The lowest BCUT2D eigenvalue weighted by molar-refractivity contribution is 0.0961. The molecule has 0 saturated heterocycles. The van der Waals surface area contributed by atoms with Gasteiger partial charge in [-0.05, 0) is 73.7 Å². The van der Waals surface area contributed by atoms with Crippen LogP contribution in [0.1, 0.15) is 72.1 Å². The van der Waals surface area contributed by atoms with Crippen LogP contribution in [-0.4, -0.2) is 22.4 Å². The van der Waals surface area contributed by atoms with Crippen molar-refractivity contribution < 1.29 is 10.2 Å². The van der Waals surface area contributed by atoms with E-state index in [1.807, 2.05) is 0 Å². The van der Waals surface area contributed by atoms with Crippen molar-refractivity contribution in [1.29, 1.82) is 0 Å². The van der Waals surface area contributed by atoms with Gasteiger partial charge in [0, 0.05) is 0 Å². The zero-order valence-electron chi connectivity index (χ0n) is 16.3. The summed E-state index contributed by atoms with van der Waals surface area (Å²) in [5.74, 6) is 2.41. The highest BCUT2D eigenvalue weighted by Crippen LogP contribution is 2.59. The third-order valence-corrected chi connectivity index (χ3v) is 7.67. The van der Waals surface area contributed by atoms with Crippen molar-refractivity contribution in [2.24, 2.45) is 23.2 Å². The fourth-order valence-corrected chi connectivity index (χ4v) is 5.92. The maximum Gasteiger partial charge on any atom is 0.0809 e. The molecule has 3 aliphatic carbocycles. The fraction of sp³-hybridized carbons (Fsp3) is 0.739. The van der Waals surface area contributed by atoms with Gasteiger partial charge in [0.1, 0.15) is 0 Å². The molecule has 0 aromatic rings. The number of hydrogen-bond donors (Lipinski definition) is 2. The van der Waals surface area contributed by atoms with Crippen LogP contribution in [-0.2, 0) is 0 Å². The Balaban J connectivity index is 1.78. The van der Waals surface area contributed by atoms with Crippen LogP contribution >= 0.6 is 0 Å². The minimum atomic E-state index is -0.591. The normalized spacial score (nSPS) is 43.5. The Morgan fingerprint density at radius 3 is 2.52 bits per heavy atom. The molecule has 0 radical (unpaired) electrons. The molecule has 0 bridgehead atoms. The van der Waals surface area contributed by atoms with E-state index in [0.717, 1.165) is 23.3 Å². The summed E-state index contributed by atoms with van der Waals surface area (Å²) in [4.78, 5) is 0. The molecule has 0 spiro atoms. The number of rotatable bonds is 3. The molecule has 3 aliphatic rings. The molecule has 140 valence electrons. The van der Waals surface area contributed by atoms with Crippen molar-refractivity contribution >= 4 is 0 Å². The van der Waals surface area contributed by atoms with Crippen molar-refractivity contribution in [2.75, 3.05) is 0 Å². The second kappa shape index (κ2) is 7.40. The Hall–Kier alpha value is -0.860. The minimum absolute atomic E-state index is 0.470. The monoisotopic (exact) mass is 344 g/mol. The topological polar surface area (TPSA) is 40.5 Å². The van der Waals surface area contributed by atoms with Crippen molar-refractivity contribution in [1.82, 2.24) is 0 Å². The predicted octanol–water partition coefficient (Wildman–Crippen LogP) is 5.17. The van der Waals surface area contributed by atoms with Crippen LogP contribution < -0.4 is 0 Å². The maximum atomic E-state index is 10.0. The van der Waals surface area contributed by atoms with Crippen molar-refractivity contribution in [2.45, 2.75) is 84.3 Å². The van der Waals surface area contributed by atoms with E-state index in [2.05, 4.69) is 39.5 Å².